The second kappa shape index (κ2) is 5.73. The van der Waals surface area contributed by atoms with E-state index in [2.05, 4.69) is 15.9 Å². The molecule has 2 aromatic carbocycles. The number of halogens is 6. The summed E-state index contributed by atoms with van der Waals surface area (Å²) in [4.78, 5) is 0. The molecule has 1 atom stereocenters. The van der Waals surface area contributed by atoms with Gasteiger partial charge in [-0.1, -0.05) is 12.1 Å². The minimum Gasteiger partial charge on any atom is -0.320 e. The van der Waals surface area contributed by atoms with E-state index in [4.69, 9.17) is 5.73 Å². The summed E-state index contributed by atoms with van der Waals surface area (Å²) < 4.78 is 64.9. The molecule has 2 rings (SSSR count). The van der Waals surface area contributed by atoms with Crippen molar-refractivity contribution in [2.24, 2.45) is 5.73 Å². The highest BCUT2D eigenvalue weighted by molar-refractivity contribution is 9.10. The Hall–Kier alpha value is -1.47. The summed E-state index contributed by atoms with van der Waals surface area (Å²) in [5.74, 6) is -1.96. The Morgan fingerprint density at radius 3 is 2.05 bits per heavy atom. The van der Waals surface area contributed by atoms with Gasteiger partial charge >= 0.3 is 6.18 Å². The molecule has 0 amide bonds. The Bertz CT molecular complexity index is 669. The van der Waals surface area contributed by atoms with Crippen LogP contribution in [0.3, 0.4) is 0 Å². The van der Waals surface area contributed by atoms with Gasteiger partial charge < -0.3 is 5.73 Å². The first kappa shape index (κ1) is 15.9. The molecule has 2 N–H and O–H groups in total. The van der Waals surface area contributed by atoms with Crippen LogP contribution in [0, 0.1) is 11.6 Å². The lowest BCUT2D eigenvalue weighted by Gasteiger charge is -2.16. The first-order valence-corrected chi connectivity index (χ1v) is 6.56. The molecule has 21 heavy (non-hydrogen) atoms. The van der Waals surface area contributed by atoms with E-state index in [1.807, 2.05) is 0 Å². The van der Waals surface area contributed by atoms with E-state index >= 15 is 0 Å². The Labute approximate surface area is 125 Å². The molecule has 0 saturated carbocycles. The van der Waals surface area contributed by atoms with Gasteiger partial charge in [0.05, 0.1) is 16.1 Å². The van der Waals surface area contributed by atoms with Crippen LogP contribution in [-0.4, -0.2) is 0 Å². The molecule has 0 heterocycles. The van der Waals surface area contributed by atoms with Gasteiger partial charge in [-0.25, -0.2) is 8.78 Å². The minimum absolute atomic E-state index is 0.0467. The van der Waals surface area contributed by atoms with Crippen LogP contribution in [0.25, 0.3) is 0 Å². The predicted molar refractivity (Wildman–Crippen MR) is 71.5 cm³/mol. The summed E-state index contributed by atoms with van der Waals surface area (Å²) in [6, 6.07) is 5.50. The molecule has 0 bridgehead atoms. The van der Waals surface area contributed by atoms with E-state index in [9.17, 15) is 22.0 Å². The molecule has 0 saturated heterocycles. The number of hydrogen-bond donors (Lipinski definition) is 1. The van der Waals surface area contributed by atoms with Gasteiger partial charge in [0.25, 0.3) is 0 Å². The van der Waals surface area contributed by atoms with Gasteiger partial charge in [0.1, 0.15) is 11.6 Å². The van der Waals surface area contributed by atoms with Gasteiger partial charge in [0.2, 0.25) is 0 Å². The Kier molecular flexibility index (Phi) is 4.34. The molecule has 0 radical (unpaired) electrons. The number of nitrogens with two attached hydrogens (primary N) is 1. The number of hydrogen-bond acceptors (Lipinski definition) is 1. The van der Waals surface area contributed by atoms with E-state index < -0.39 is 29.4 Å². The molecule has 0 spiro atoms. The van der Waals surface area contributed by atoms with Crippen LogP contribution in [0.4, 0.5) is 22.0 Å². The molecule has 2 aromatic rings. The molecule has 1 nitrogen and oxygen atoms in total. The Morgan fingerprint density at radius 2 is 1.48 bits per heavy atom. The smallest absolute Gasteiger partial charge is 0.320 e. The first-order chi connectivity index (χ1) is 9.70. The van der Waals surface area contributed by atoms with Crippen molar-refractivity contribution in [2.75, 3.05) is 0 Å². The zero-order chi connectivity index (χ0) is 15.8. The largest absolute Gasteiger partial charge is 0.419 e. The van der Waals surface area contributed by atoms with Crippen molar-refractivity contribution in [1.29, 1.82) is 0 Å². The van der Waals surface area contributed by atoms with Crippen LogP contribution in [-0.2, 0) is 6.18 Å². The lowest BCUT2D eigenvalue weighted by molar-refractivity contribution is -0.140. The summed E-state index contributed by atoms with van der Waals surface area (Å²) in [5.41, 5.74) is 4.76. The summed E-state index contributed by atoms with van der Waals surface area (Å²) in [6.07, 6.45) is -4.81. The third-order valence-electron chi connectivity index (χ3n) is 2.96. The summed E-state index contributed by atoms with van der Waals surface area (Å²) in [5, 5.41) is 0. The Morgan fingerprint density at radius 1 is 0.905 bits per heavy atom. The maximum Gasteiger partial charge on any atom is 0.419 e. The summed E-state index contributed by atoms with van der Waals surface area (Å²) >= 11 is 2.97. The third-order valence-corrected chi connectivity index (χ3v) is 3.60. The van der Waals surface area contributed by atoms with Crippen molar-refractivity contribution in [3.05, 3.63) is 69.2 Å². The normalized spacial score (nSPS) is 13.3. The number of rotatable bonds is 2. The standard InChI is InChI=1S/C14H9BrF5N/c15-10-3-1-8(6-12(10)17)13(21)7-2-4-11(16)9(5-7)14(18,19)20/h1-6,13H,21H2. The first-order valence-electron chi connectivity index (χ1n) is 5.77. The van der Waals surface area contributed by atoms with Crippen molar-refractivity contribution in [1.82, 2.24) is 0 Å². The fourth-order valence-corrected chi connectivity index (χ4v) is 2.10. The summed E-state index contributed by atoms with van der Waals surface area (Å²) in [7, 11) is 0. The quantitative estimate of drug-likeness (QED) is 0.760. The molecule has 7 heteroatoms. The summed E-state index contributed by atoms with van der Waals surface area (Å²) in [6.45, 7) is 0. The number of alkyl halides is 3. The van der Waals surface area contributed by atoms with E-state index in [1.54, 1.807) is 0 Å². The topological polar surface area (TPSA) is 26.0 Å². The van der Waals surface area contributed by atoms with Crippen LogP contribution in [0.15, 0.2) is 40.9 Å². The van der Waals surface area contributed by atoms with Crippen LogP contribution >= 0.6 is 15.9 Å². The van der Waals surface area contributed by atoms with Crippen molar-refractivity contribution >= 4 is 15.9 Å². The molecule has 0 aliphatic heterocycles. The van der Waals surface area contributed by atoms with Gasteiger partial charge in [-0.3, -0.25) is 0 Å². The van der Waals surface area contributed by atoms with Gasteiger partial charge in [-0.05, 0) is 51.3 Å². The monoisotopic (exact) mass is 365 g/mol. The predicted octanol–water partition coefficient (Wildman–Crippen LogP) is 4.79. The van der Waals surface area contributed by atoms with Crippen molar-refractivity contribution < 1.29 is 22.0 Å². The van der Waals surface area contributed by atoms with E-state index in [-0.39, 0.29) is 15.6 Å². The van der Waals surface area contributed by atoms with E-state index in [0.717, 1.165) is 12.1 Å². The molecule has 0 aliphatic carbocycles. The maximum atomic E-state index is 13.4. The molecule has 0 fully saturated rings. The molecule has 1 unspecified atom stereocenters. The molecule has 0 aromatic heterocycles. The molecular formula is C14H9BrF5N. The van der Waals surface area contributed by atoms with Crippen molar-refractivity contribution in [2.45, 2.75) is 12.2 Å². The highest BCUT2D eigenvalue weighted by Gasteiger charge is 2.34. The second-order valence-electron chi connectivity index (χ2n) is 4.39. The zero-order valence-electron chi connectivity index (χ0n) is 10.4. The van der Waals surface area contributed by atoms with E-state index in [0.29, 0.717) is 12.1 Å². The average molecular weight is 366 g/mol. The lowest BCUT2D eigenvalue weighted by Crippen LogP contribution is -2.15. The number of benzene rings is 2. The lowest BCUT2D eigenvalue weighted by atomic mass is 9.97. The second-order valence-corrected chi connectivity index (χ2v) is 5.24. The van der Waals surface area contributed by atoms with Gasteiger partial charge in [-0.2, -0.15) is 13.2 Å². The van der Waals surface area contributed by atoms with Crippen LogP contribution in [0.2, 0.25) is 0 Å². The highest BCUT2D eigenvalue weighted by Crippen LogP contribution is 2.34. The Balaban J connectivity index is 2.44. The molecule has 112 valence electrons. The highest BCUT2D eigenvalue weighted by atomic mass is 79.9. The van der Waals surface area contributed by atoms with Gasteiger partial charge in [0, 0.05) is 0 Å². The fraction of sp³-hybridized carbons (Fsp3) is 0.143. The molecule has 0 aliphatic rings. The average Bonchev–Trinajstić information content (AvgIpc) is 2.40. The van der Waals surface area contributed by atoms with Crippen LogP contribution < -0.4 is 5.73 Å². The third kappa shape index (κ3) is 3.41. The molecular weight excluding hydrogens is 357 g/mol. The SMILES string of the molecule is NC(c1ccc(Br)c(F)c1)c1ccc(F)c(C(F)(F)F)c1. The minimum atomic E-state index is -4.81. The van der Waals surface area contributed by atoms with Gasteiger partial charge in [0.15, 0.2) is 0 Å². The van der Waals surface area contributed by atoms with Crippen molar-refractivity contribution in [3.8, 4) is 0 Å². The van der Waals surface area contributed by atoms with Gasteiger partial charge in [-0.15, -0.1) is 0 Å². The fourth-order valence-electron chi connectivity index (χ4n) is 1.85. The maximum absolute atomic E-state index is 13.4. The van der Waals surface area contributed by atoms with Crippen molar-refractivity contribution in [3.63, 3.8) is 0 Å². The zero-order valence-corrected chi connectivity index (χ0v) is 12.0. The van der Waals surface area contributed by atoms with Crippen LogP contribution in [0.1, 0.15) is 22.7 Å². The van der Waals surface area contributed by atoms with Crippen LogP contribution in [0.5, 0.6) is 0 Å². The van der Waals surface area contributed by atoms with E-state index in [1.165, 1.54) is 12.1 Å².